The molecule has 0 saturated heterocycles. The van der Waals surface area contributed by atoms with Gasteiger partial charge < -0.3 is 4.98 Å². The number of hydrogen-bond acceptors (Lipinski definition) is 4. The summed E-state index contributed by atoms with van der Waals surface area (Å²) in [6.07, 6.45) is 1.70. The van der Waals surface area contributed by atoms with E-state index in [0.29, 0.717) is 28.1 Å². The lowest BCUT2D eigenvalue weighted by Crippen LogP contribution is -2.08. The van der Waals surface area contributed by atoms with Gasteiger partial charge in [-0.05, 0) is 37.3 Å². The molecule has 0 aliphatic carbocycles. The smallest absolute Gasteiger partial charge is 0.249 e. The van der Waals surface area contributed by atoms with Gasteiger partial charge in [0.05, 0.1) is 5.69 Å². The van der Waals surface area contributed by atoms with Gasteiger partial charge in [-0.25, -0.2) is 14.1 Å². The van der Waals surface area contributed by atoms with E-state index in [9.17, 15) is 9.18 Å². The minimum absolute atomic E-state index is 0.0953. The monoisotopic (exact) mass is 363 g/mol. The maximum Gasteiger partial charge on any atom is 0.249 e. The van der Waals surface area contributed by atoms with Crippen molar-refractivity contribution in [3.63, 3.8) is 0 Å². The molecule has 3 aromatic heterocycles. The van der Waals surface area contributed by atoms with Crippen LogP contribution in [0, 0.1) is 12.7 Å². The zero-order chi connectivity index (χ0) is 19.1. The quantitative estimate of drug-likeness (QED) is 0.601. The standard InChI is InChI=1S/C20H18FN5O/c1-11(2)19-24-20(26(25-19)14-6-7-22-12(3)8-14)16-10-18(27)23-17-5-4-13(21)9-15(16)17/h4-11H,1-3H3,(H,23,27). The molecule has 4 rings (SSSR count). The molecule has 3 heterocycles. The van der Waals surface area contributed by atoms with Crippen LogP contribution in [0.15, 0.2) is 47.4 Å². The minimum Gasteiger partial charge on any atom is -0.322 e. The predicted octanol–water partition coefficient (Wildman–Crippen LogP) is 3.74. The molecule has 0 aliphatic heterocycles. The molecule has 4 aromatic rings. The summed E-state index contributed by atoms with van der Waals surface area (Å²) < 4.78 is 15.6. The molecule has 0 amide bonds. The van der Waals surface area contributed by atoms with E-state index in [2.05, 4.69) is 20.1 Å². The lowest BCUT2D eigenvalue weighted by Gasteiger charge is -2.09. The van der Waals surface area contributed by atoms with Gasteiger partial charge in [0, 0.05) is 40.3 Å². The minimum atomic E-state index is -0.384. The Balaban J connectivity index is 2.06. The molecule has 0 spiro atoms. The average molecular weight is 363 g/mol. The number of pyridine rings is 2. The average Bonchev–Trinajstić information content (AvgIpc) is 3.07. The maximum absolute atomic E-state index is 13.9. The summed E-state index contributed by atoms with van der Waals surface area (Å²) in [4.78, 5) is 23.8. The number of aromatic nitrogens is 5. The van der Waals surface area contributed by atoms with Gasteiger partial charge >= 0.3 is 0 Å². The van der Waals surface area contributed by atoms with Crippen molar-refractivity contribution < 1.29 is 4.39 Å². The first-order chi connectivity index (χ1) is 12.9. The second-order valence-electron chi connectivity index (χ2n) is 6.75. The molecule has 1 N–H and O–H groups in total. The van der Waals surface area contributed by atoms with Crippen LogP contribution in [-0.2, 0) is 0 Å². The zero-order valence-electron chi connectivity index (χ0n) is 15.2. The molecule has 1 aromatic carbocycles. The largest absolute Gasteiger partial charge is 0.322 e. The van der Waals surface area contributed by atoms with Gasteiger partial charge in [0.25, 0.3) is 0 Å². The van der Waals surface area contributed by atoms with Crippen LogP contribution in [0.2, 0.25) is 0 Å². The highest BCUT2D eigenvalue weighted by Crippen LogP contribution is 2.29. The topological polar surface area (TPSA) is 76.5 Å². The van der Waals surface area contributed by atoms with Crippen LogP contribution in [0.5, 0.6) is 0 Å². The number of H-pyrrole nitrogens is 1. The molecule has 0 atom stereocenters. The molecule has 6 nitrogen and oxygen atoms in total. The van der Waals surface area contributed by atoms with Crippen molar-refractivity contribution in [2.75, 3.05) is 0 Å². The number of nitrogens with zero attached hydrogens (tertiary/aromatic N) is 4. The van der Waals surface area contributed by atoms with E-state index < -0.39 is 0 Å². The Morgan fingerprint density at radius 2 is 1.96 bits per heavy atom. The number of rotatable bonds is 3. The van der Waals surface area contributed by atoms with Crippen molar-refractivity contribution in [2.45, 2.75) is 26.7 Å². The first-order valence-corrected chi connectivity index (χ1v) is 8.65. The highest BCUT2D eigenvalue weighted by Gasteiger charge is 2.19. The second-order valence-corrected chi connectivity index (χ2v) is 6.75. The second kappa shape index (κ2) is 6.42. The number of aryl methyl sites for hydroxylation is 1. The van der Waals surface area contributed by atoms with Gasteiger partial charge in [-0.3, -0.25) is 9.78 Å². The zero-order valence-corrected chi connectivity index (χ0v) is 15.2. The van der Waals surface area contributed by atoms with E-state index in [-0.39, 0.29) is 17.3 Å². The van der Waals surface area contributed by atoms with Crippen molar-refractivity contribution in [2.24, 2.45) is 0 Å². The summed E-state index contributed by atoms with van der Waals surface area (Å²) in [5.74, 6) is 0.846. The number of aromatic amines is 1. The molecule has 0 saturated carbocycles. The third-order valence-electron chi connectivity index (χ3n) is 4.31. The number of hydrogen-bond donors (Lipinski definition) is 1. The van der Waals surface area contributed by atoms with Crippen molar-refractivity contribution in [3.8, 4) is 17.1 Å². The highest BCUT2D eigenvalue weighted by atomic mass is 19.1. The van der Waals surface area contributed by atoms with Crippen molar-refractivity contribution >= 4 is 10.9 Å². The lowest BCUT2D eigenvalue weighted by molar-refractivity contribution is 0.629. The van der Waals surface area contributed by atoms with Crippen LogP contribution in [0.1, 0.15) is 31.3 Å². The van der Waals surface area contributed by atoms with Gasteiger partial charge in [0.15, 0.2) is 11.6 Å². The van der Waals surface area contributed by atoms with Crippen molar-refractivity contribution in [1.29, 1.82) is 0 Å². The molecule has 7 heteroatoms. The van der Waals surface area contributed by atoms with Crippen LogP contribution in [0.4, 0.5) is 4.39 Å². The van der Waals surface area contributed by atoms with E-state index >= 15 is 0 Å². The molecule has 0 aliphatic rings. The molecular weight excluding hydrogens is 345 g/mol. The summed E-state index contributed by atoms with van der Waals surface area (Å²) in [6.45, 7) is 5.88. The lowest BCUT2D eigenvalue weighted by atomic mass is 10.1. The van der Waals surface area contributed by atoms with E-state index in [1.165, 1.54) is 18.2 Å². The van der Waals surface area contributed by atoms with Crippen LogP contribution >= 0.6 is 0 Å². The SMILES string of the molecule is Cc1cc(-n2nc(C(C)C)nc2-c2cc(=O)[nH]c3ccc(F)cc23)ccn1. The molecule has 0 unspecified atom stereocenters. The summed E-state index contributed by atoms with van der Waals surface area (Å²) in [7, 11) is 0. The third-order valence-corrected chi connectivity index (χ3v) is 4.31. The van der Waals surface area contributed by atoms with Gasteiger partial charge in [0.1, 0.15) is 5.82 Å². The Hall–Kier alpha value is -3.35. The first-order valence-electron chi connectivity index (χ1n) is 8.65. The molecular formula is C20H18FN5O. The summed E-state index contributed by atoms with van der Waals surface area (Å²) in [5.41, 5.74) is 2.41. The Labute approximate surface area is 154 Å². The molecule has 27 heavy (non-hydrogen) atoms. The van der Waals surface area contributed by atoms with Crippen LogP contribution in [0.25, 0.3) is 28.0 Å². The Morgan fingerprint density at radius 1 is 1.15 bits per heavy atom. The number of benzene rings is 1. The van der Waals surface area contributed by atoms with Crippen LogP contribution < -0.4 is 5.56 Å². The summed E-state index contributed by atoms with van der Waals surface area (Å²) >= 11 is 0. The molecule has 0 fully saturated rings. The number of nitrogens with one attached hydrogen (secondary N) is 1. The van der Waals surface area contributed by atoms with Crippen molar-refractivity contribution in [3.05, 3.63) is 70.3 Å². The molecule has 0 bridgehead atoms. The number of fused-ring (bicyclic) bond motifs is 1. The Morgan fingerprint density at radius 3 is 2.70 bits per heavy atom. The van der Waals surface area contributed by atoms with Crippen LogP contribution in [0.3, 0.4) is 0 Å². The predicted molar refractivity (Wildman–Crippen MR) is 102 cm³/mol. The third kappa shape index (κ3) is 3.12. The Kier molecular flexibility index (Phi) is 4.07. The van der Waals surface area contributed by atoms with Gasteiger partial charge in [-0.1, -0.05) is 13.8 Å². The fourth-order valence-electron chi connectivity index (χ4n) is 3.00. The fourth-order valence-corrected chi connectivity index (χ4v) is 3.00. The van der Waals surface area contributed by atoms with E-state index in [1.807, 2.05) is 32.9 Å². The van der Waals surface area contributed by atoms with E-state index in [1.54, 1.807) is 16.9 Å². The molecule has 136 valence electrons. The van der Waals surface area contributed by atoms with Gasteiger partial charge in [0.2, 0.25) is 5.56 Å². The summed E-state index contributed by atoms with van der Waals surface area (Å²) in [5, 5.41) is 5.20. The maximum atomic E-state index is 13.9. The fraction of sp³-hybridized carbons (Fsp3) is 0.200. The van der Waals surface area contributed by atoms with E-state index in [0.717, 1.165) is 11.4 Å². The molecule has 0 radical (unpaired) electrons. The van der Waals surface area contributed by atoms with Gasteiger partial charge in [-0.15, -0.1) is 0 Å². The van der Waals surface area contributed by atoms with Crippen molar-refractivity contribution in [1.82, 2.24) is 24.7 Å². The Bertz CT molecular complexity index is 1210. The number of halogens is 1. The van der Waals surface area contributed by atoms with Gasteiger partial charge in [-0.2, -0.15) is 5.10 Å². The highest BCUT2D eigenvalue weighted by molar-refractivity contribution is 5.92. The van der Waals surface area contributed by atoms with Crippen LogP contribution in [-0.4, -0.2) is 24.7 Å². The normalized spacial score (nSPS) is 11.4. The summed E-state index contributed by atoms with van der Waals surface area (Å²) in [6, 6.07) is 9.41. The van der Waals surface area contributed by atoms with E-state index in [4.69, 9.17) is 0 Å². The first kappa shape index (κ1) is 17.1.